The van der Waals surface area contributed by atoms with Crippen LogP contribution in [0.4, 0.5) is 14.5 Å². The standard InChI is InChI=1S/C14H14F2N2O2/c1-18(11-5-2-4-10(8-11)9-17)12(19)14(15,16)13(20)6-3-7-13/h2,4-5,8,20H,3,6-7H2,1H3. The van der Waals surface area contributed by atoms with Gasteiger partial charge in [0.1, 0.15) is 5.60 Å². The summed E-state index contributed by atoms with van der Waals surface area (Å²) in [5.74, 6) is -5.29. The second-order valence-electron chi connectivity index (χ2n) is 4.99. The van der Waals surface area contributed by atoms with Gasteiger partial charge in [-0.2, -0.15) is 14.0 Å². The zero-order valence-electron chi connectivity index (χ0n) is 10.9. The maximum Gasteiger partial charge on any atom is 0.352 e. The highest BCUT2D eigenvalue weighted by atomic mass is 19.3. The number of aliphatic hydroxyl groups is 1. The number of benzene rings is 1. The molecule has 1 aliphatic carbocycles. The first kappa shape index (κ1) is 14.4. The third-order valence-corrected chi connectivity index (χ3v) is 3.70. The minimum Gasteiger partial charge on any atom is -0.383 e. The Morgan fingerprint density at radius 2 is 2.15 bits per heavy atom. The second-order valence-corrected chi connectivity index (χ2v) is 4.99. The molecule has 0 bridgehead atoms. The molecule has 6 heteroatoms. The van der Waals surface area contributed by atoms with Gasteiger partial charge in [0.25, 0.3) is 5.91 Å². The highest BCUT2D eigenvalue weighted by Gasteiger charge is 2.62. The van der Waals surface area contributed by atoms with E-state index >= 15 is 0 Å². The molecular weight excluding hydrogens is 266 g/mol. The molecule has 2 rings (SSSR count). The molecule has 0 unspecified atom stereocenters. The predicted octanol–water partition coefficient (Wildman–Crippen LogP) is 2.07. The average molecular weight is 280 g/mol. The summed E-state index contributed by atoms with van der Waals surface area (Å²) in [6, 6.07) is 7.70. The van der Waals surface area contributed by atoms with Crippen LogP contribution in [-0.4, -0.2) is 29.6 Å². The number of hydrogen-bond acceptors (Lipinski definition) is 3. The minimum absolute atomic E-state index is 0.0855. The molecule has 0 aromatic heterocycles. The van der Waals surface area contributed by atoms with Crippen LogP contribution in [0, 0.1) is 11.3 Å². The van der Waals surface area contributed by atoms with Gasteiger partial charge in [0, 0.05) is 12.7 Å². The zero-order valence-corrected chi connectivity index (χ0v) is 10.9. The highest BCUT2D eigenvalue weighted by Crippen LogP contribution is 2.45. The largest absolute Gasteiger partial charge is 0.383 e. The number of alkyl halides is 2. The molecule has 106 valence electrons. The normalized spacial score (nSPS) is 16.9. The van der Waals surface area contributed by atoms with Crippen LogP contribution in [0.3, 0.4) is 0 Å². The Morgan fingerprint density at radius 3 is 2.65 bits per heavy atom. The first-order chi connectivity index (χ1) is 9.32. The summed E-state index contributed by atoms with van der Waals surface area (Å²) in [4.78, 5) is 12.7. The topological polar surface area (TPSA) is 64.3 Å². The molecule has 0 radical (unpaired) electrons. The number of carbonyl (C=O) groups is 1. The van der Waals surface area contributed by atoms with Crippen LogP contribution >= 0.6 is 0 Å². The van der Waals surface area contributed by atoms with Gasteiger partial charge in [-0.05, 0) is 37.5 Å². The van der Waals surface area contributed by atoms with Crippen LogP contribution in [-0.2, 0) is 4.79 Å². The van der Waals surface area contributed by atoms with Crippen molar-refractivity contribution in [2.45, 2.75) is 30.8 Å². The Hall–Kier alpha value is -2.00. The molecule has 1 saturated carbocycles. The van der Waals surface area contributed by atoms with E-state index in [-0.39, 0.29) is 24.1 Å². The number of nitriles is 1. The fraction of sp³-hybridized carbons (Fsp3) is 0.429. The second kappa shape index (κ2) is 4.84. The molecule has 1 N–H and O–H groups in total. The Bertz CT molecular complexity index is 577. The van der Waals surface area contributed by atoms with Crippen LogP contribution in [0.15, 0.2) is 24.3 Å². The summed E-state index contributed by atoms with van der Waals surface area (Å²) in [6.45, 7) is 0. The van der Waals surface area contributed by atoms with Gasteiger partial charge in [-0.3, -0.25) is 4.79 Å². The summed E-state index contributed by atoms with van der Waals surface area (Å²) >= 11 is 0. The highest BCUT2D eigenvalue weighted by molar-refractivity contribution is 5.99. The quantitative estimate of drug-likeness (QED) is 0.921. The van der Waals surface area contributed by atoms with Gasteiger partial charge >= 0.3 is 5.92 Å². The molecular formula is C14H14F2N2O2. The molecule has 1 amide bonds. The number of carbonyl (C=O) groups excluding carboxylic acids is 1. The van der Waals surface area contributed by atoms with E-state index in [2.05, 4.69) is 0 Å². The molecule has 1 aromatic rings. The van der Waals surface area contributed by atoms with Crippen LogP contribution in [0.25, 0.3) is 0 Å². The van der Waals surface area contributed by atoms with E-state index in [4.69, 9.17) is 5.26 Å². The molecule has 0 atom stereocenters. The van der Waals surface area contributed by atoms with Gasteiger partial charge in [0.15, 0.2) is 0 Å². The maximum absolute atomic E-state index is 14.1. The predicted molar refractivity (Wildman–Crippen MR) is 68.3 cm³/mol. The Kier molecular flexibility index (Phi) is 3.48. The van der Waals surface area contributed by atoms with Gasteiger partial charge in [-0.25, -0.2) is 0 Å². The molecule has 0 heterocycles. The smallest absolute Gasteiger partial charge is 0.352 e. The first-order valence-electron chi connectivity index (χ1n) is 6.20. The van der Waals surface area contributed by atoms with E-state index in [1.165, 1.54) is 31.3 Å². The van der Waals surface area contributed by atoms with Gasteiger partial charge < -0.3 is 10.0 Å². The van der Waals surface area contributed by atoms with Crippen LogP contribution < -0.4 is 4.90 Å². The number of halogens is 2. The summed E-state index contributed by atoms with van der Waals surface area (Å²) < 4.78 is 28.1. The monoisotopic (exact) mass is 280 g/mol. The number of hydrogen-bond donors (Lipinski definition) is 1. The Labute approximate surface area is 115 Å². The summed E-state index contributed by atoms with van der Waals surface area (Å²) in [6.07, 6.45) is 0.308. The van der Waals surface area contributed by atoms with Gasteiger partial charge in [-0.15, -0.1) is 0 Å². The van der Waals surface area contributed by atoms with E-state index in [9.17, 15) is 18.7 Å². The third-order valence-electron chi connectivity index (χ3n) is 3.70. The van der Waals surface area contributed by atoms with E-state index in [0.717, 1.165) is 4.90 Å². The average Bonchev–Trinajstić information content (AvgIpc) is 2.42. The Balaban J connectivity index is 2.26. The van der Waals surface area contributed by atoms with Crippen molar-refractivity contribution in [3.8, 4) is 6.07 Å². The van der Waals surface area contributed by atoms with Crippen molar-refractivity contribution < 1.29 is 18.7 Å². The Morgan fingerprint density at radius 1 is 1.50 bits per heavy atom. The lowest BCUT2D eigenvalue weighted by Crippen LogP contribution is -2.61. The van der Waals surface area contributed by atoms with E-state index in [0.29, 0.717) is 6.42 Å². The van der Waals surface area contributed by atoms with Crippen molar-refractivity contribution in [3.05, 3.63) is 29.8 Å². The van der Waals surface area contributed by atoms with Crippen molar-refractivity contribution >= 4 is 11.6 Å². The van der Waals surface area contributed by atoms with Crippen LogP contribution in [0.1, 0.15) is 24.8 Å². The molecule has 1 aromatic carbocycles. The fourth-order valence-electron chi connectivity index (χ4n) is 2.14. The van der Waals surface area contributed by atoms with Crippen molar-refractivity contribution in [3.63, 3.8) is 0 Å². The molecule has 20 heavy (non-hydrogen) atoms. The maximum atomic E-state index is 14.1. The molecule has 1 fully saturated rings. The lowest BCUT2D eigenvalue weighted by molar-refractivity contribution is -0.213. The first-order valence-corrected chi connectivity index (χ1v) is 6.20. The van der Waals surface area contributed by atoms with Crippen molar-refractivity contribution in [2.75, 3.05) is 11.9 Å². The van der Waals surface area contributed by atoms with Crippen LogP contribution in [0.2, 0.25) is 0 Å². The van der Waals surface area contributed by atoms with E-state index < -0.39 is 17.4 Å². The van der Waals surface area contributed by atoms with E-state index in [1.807, 2.05) is 6.07 Å². The van der Waals surface area contributed by atoms with Gasteiger partial charge in [0.2, 0.25) is 0 Å². The zero-order chi connectivity index (χ0) is 15.0. The lowest BCUT2D eigenvalue weighted by Gasteiger charge is -2.42. The number of anilines is 1. The number of amides is 1. The van der Waals surface area contributed by atoms with Gasteiger partial charge in [-0.1, -0.05) is 6.07 Å². The molecule has 0 aliphatic heterocycles. The molecule has 1 aliphatic rings. The third kappa shape index (κ3) is 2.14. The number of rotatable bonds is 3. The fourth-order valence-corrected chi connectivity index (χ4v) is 2.14. The number of nitrogens with zero attached hydrogens (tertiary/aromatic N) is 2. The van der Waals surface area contributed by atoms with Crippen molar-refractivity contribution in [1.29, 1.82) is 5.26 Å². The van der Waals surface area contributed by atoms with Gasteiger partial charge in [0.05, 0.1) is 11.6 Å². The summed E-state index contributed by atoms with van der Waals surface area (Å²) in [5.41, 5.74) is -1.78. The molecule has 0 spiro atoms. The molecule has 0 saturated heterocycles. The summed E-state index contributed by atoms with van der Waals surface area (Å²) in [7, 11) is 1.20. The van der Waals surface area contributed by atoms with Crippen molar-refractivity contribution in [2.24, 2.45) is 0 Å². The van der Waals surface area contributed by atoms with Crippen LogP contribution in [0.5, 0.6) is 0 Å². The van der Waals surface area contributed by atoms with Crippen molar-refractivity contribution in [1.82, 2.24) is 0 Å². The van der Waals surface area contributed by atoms with E-state index in [1.54, 1.807) is 0 Å². The SMILES string of the molecule is CN(C(=O)C(F)(F)C1(O)CCC1)c1cccc(C#N)c1. The molecule has 4 nitrogen and oxygen atoms in total. The minimum atomic E-state index is -3.83. The lowest BCUT2D eigenvalue weighted by atomic mass is 9.75. The summed E-state index contributed by atoms with van der Waals surface area (Å²) in [5, 5.41) is 18.5.